The average Bonchev–Trinajstić information content (AvgIpc) is 2.43. The van der Waals surface area contributed by atoms with Crippen molar-refractivity contribution in [3.8, 4) is 0 Å². The maximum atomic E-state index is 12.0. The van der Waals surface area contributed by atoms with Crippen molar-refractivity contribution in [3.63, 3.8) is 0 Å². The van der Waals surface area contributed by atoms with Crippen LogP contribution in [0.2, 0.25) is 0 Å². The lowest BCUT2D eigenvalue weighted by Gasteiger charge is -2.16. The van der Waals surface area contributed by atoms with Gasteiger partial charge in [-0.2, -0.15) is 0 Å². The number of nitrogens with one attached hydrogen (secondary N) is 1. The fraction of sp³-hybridized carbons (Fsp3) is 0.200. The predicted octanol–water partition coefficient (Wildman–Crippen LogP) is 2.50. The number of aromatic nitrogens is 1. The summed E-state index contributed by atoms with van der Waals surface area (Å²) in [5.74, 6) is -0.0722. The van der Waals surface area contributed by atoms with Crippen molar-refractivity contribution < 1.29 is 4.79 Å². The second-order valence-electron chi connectivity index (χ2n) is 4.82. The molecule has 1 aromatic heterocycles. The van der Waals surface area contributed by atoms with Gasteiger partial charge in [-0.05, 0) is 58.9 Å². The highest BCUT2D eigenvalue weighted by Crippen LogP contribution is 2.24. The topological polar surface area (TPSA) is 71.2 Å². The Hall–Kier alpha value is -1.92. The summed E-state index contributed by atoms with van der Waals surface area (Å²) in [6.07, 6.45) is 3.49. The maximum Gasteiger partial charge on any atom is 0.238 e. The largest absolute Gasteiger partial charge is 0.399 e. The van der Waals surface area contributed by atoms with Crippen molar-refractivity contribution in [2.24, 2.45) is 0 Å². The lowest BCUT2D eigenvalue weighted by Crippen LogP contribution is -2.29. The van der Waals surface area contributed by atoms with Crippen LogP contribution in [-0.2, 0) is 11.3 Å². The Morgan fingerprint density at radius 2 is 2.05 bits per heavy atom. The number of nitrogens with two attached hydrogens (primary N) is 1. The van der Waals surface area contributed by atoms with Crippen LogP contribution >= 0.6 is 15.9 Å². The number of nitrogen functional groups attached to an aromatic ring is 1. The number of carbonyl (C=O) groups excluding carboxylic acids is 1. The van der Waals surface area contributed by atoms with Crippen LogP contribution in [0.4, 0.5) is 11.4 Å². The van der Waals surface area contributed by atoms with Gasteiger partial charge in [0.2, 0.25) is 5.91 Å². The highest BCUT2D eigenvalue weighted by molar-refractivity contribution is 9.10. The molecule has 0 saturated heterocycles. The monoisotopic (exact) mass is 348 g/mol. The number of rotatable bonds is 5. The van der Waals surface area contributed by atoms with E-state index in [0.29, 0.717) is 24.5 Å². The van der Waals surface area contributed by atoms with Crippen LogP contribution < -0.4 is 11.1 Å². The number of hydrogen-bond acceptors (Lipinski definition) is 4. The second-order valence-corrected chi connectivity index (χ2v) is 5.67. The molecule has 0 aliphatic carbocycles. The van der Waals surface area contributed by atoms with Gasteiger partial charge in [0.25, 0.3) is 0 Å². The minimum absolute atomic E-state index is 0.0722. The van der Waals surface area contributed by atoms with E-state index < -0.39 is 0 Å². The molecule has 3 N–H and O–H groups in total. The third-order valence-electron chi connectivity index (χ3n) is 2.88. The van der Waals surface area contributed by atoms with Crippen molar-refractivity contribution in [2.45, 2.75) is 6.54 Å². The quantitative estimate of drug-likeness (QED) is 0.814. The van der Waals surface area contributed by atoms with E-state index in [0.717, 1.165) is 10.0 Å². The number of benzene rings is 1. The molecule has 2 aromatic rings. The molecule has 0 radical (unpaired) electrons. The van der Waals surface area contributed by atoms with Crippen LogP contribution in [0, 0.1) is 0 Å². The smallest absolute Gasteiger partial charge is 0.238 e. The Morgan fingerprint density at radius 1 is 1.33 bits per heavy atom. The predicted molar refractivity (Wildman–Crippen MR) is 87.8 cm³/mol. The molecule has 2 rings (SSSR count). The summed E-state index contributed by atoms with van der Waals surface area (Å²) >= 11 is 3.38. The number of nitrogens with zero attached hydrogens (tertiary/aromatic N) is 2. The Morgan fingerprint density at radius 3 is 2.71 bits per heavy atom. The number of pyridine rings is 1. The number of hydrogen-bond donors (Lipinski definition) is 2. The van der Waals surface area contributed by atoms with E-state index in [1.54, 1.807) is 30.6 Å². The van der Waals surface area contributed by atoms with Gasteiger partial charge in [-0.1, -0.05) is 0 Å². The zero-order valence-corrected chi connectivity index (χ0v) is 13.3. The molecular weight excluding hydrogens is 332 g/mol. The van der Waals surface area contributed by atoms with Gasteiger partial charge in [0.1, 0.15) is 0 Å². The summed E-state index contributed by atoms with van der Waals surface area (Å²) in [5.41, 5.74) is 8.15. The first-order valence-corrected chi connectivity index (χ1v) is 7.26. The lowest BCUT2D eigenvalue weighted by atomic mass is 10.2. The third kappa shape index (κ3) is 4.84. The molecule has 0 aliphatic rings. The Labute approximate surface area is 132 Å². The standard InChI is InChI=1S/C15H17BrN4O/c1-20(9-11-4-6-18-7-5-11)10-15(21)19-14-3-2-12(17)8-13(14)16/h2-8H,9-10,17H2,1H3,(H,19,21). The first-order chi connectivity index (χ1) is 10.0. The fourth-order valence-electron chi connectivity index (χ4n) is 1.92. The molecule has 0 atom stereocenters. The summed E-state index contributed by atoms with van der Waals surface area (Å²) in [6.45, 7) is 0.998. The van der Waals surface area contributed by atoms with Gasteiger partial charge in [-0.25, -0.2) is 0 Å². The first-order valence-electron chi connectivity index (χ1n) is 6.47. The van der Waals surface area contributed by atoms with Crippen LogP contribution in [0.5, 0.6) is 0 Å². The SMILES string of the molecule is CN(CC(=O)Nc1ccc(N)cc1Br)Cc1ccncc1. The zero-order valence-electron chi connectivity index (χ0n) is 11.7. The minimum Gasteiger partial charge on any atom is -0.399 e. The summed E-state index contributed by atoms with van der Waals surface area (Å²) in [7, 11) is 1.90. The first kappa shape index (κ1) is 15.5. The summed E-state index contributed by atoms with van der Waals surface area (Å²) < 4.78 is 0.771. The molecule has 0 unspecified atom stereocenters. The summed E-state index contributed by atoms with van der Waals surface area (Å²) in [6, 6.07) is 9.16. The van der Waals surface area contributed by atoms with Crippen molar-refractivity contribution in [3.05, 3.63) is 52.8 Å². The van der Waals surface area contributed by atoms with E-state index >= 15 is 0 Å². The third-order valence-corrected chi connectivity index (χ3v) is 3.54. The van der Waals surface area contributed by atoms with Gasteiger partial charge < -0.3 is 11.1 Å². The molecule has 6 heteroatoms. The van der Waals surface area contributed by atoms with Gasteiger partial charge in [0.15, 0.2) is 0 Å². The van der Waals surface area contributed by atoms with Crippen molar-refractivity contribution in [2.75, 3.05) is 24.6 Å². The molecule has 1 amide bonds. The van der Waals surface area contributed by atoms with Gasteiger partial charge in [-0.3, -0.25) is 14.7 Å². The molecule has 0 bridgehead atoms. The number of carbonyl (C=O) groups is 1. The van der Waals surface area contributed by atoms with Crippen LogP contribution in [-0.4, -0.2) is 29.4 Å². The van der Waals surface area contributed by atoms with E-state index in [9.17, 15) is 4.79 Å². The Bertz CT molecular complexity index is 618. The molecule has 0 aliphatic heterocycles. The van der Waals surface area contributed by atoms with E-state index in [2.05, 4.69) is 26.2 Å². The summed E-state index contributed by atoms with van der Waals surface area (Å²) in [5, 5.41) is 2.86. The van der Waals surface area contributed by atoms with Crippen LogP contribution in [0.15, 0.2) is 47.2 Å². The number of amides is 1. The van der Waals surface area contributed by atoms with Crippen molar-refractivity contribution >= 4 is 33.2 Å². The fourth-order valence-corrected chi connectivity index (χ4v) is 2.42. The van der Waals surface area contributed by atoms with E-state index in [1.165, 1.54) is 0 Å². The number of anilines is 2. The second kappa shape index (κ2) is 7.19. The maximum absolute atomic E-state index is 12.0. The van der Waals surface area contributed by atoms with Gasteiger partial charge >= 0.3 is 0 Å². The van der Waals surface area contributed by atoms with E-state index in [-0.39, 0.29) is 5.91 Å². The molecule has 1 heterocycles. The highest BCUT2D eigenvalue weighted by atomic mass is 79.9. The normalized spacial score (nSPS) is 10.6. The van der Waals surface area contributed by atoms with Crippen LogP contribution in [0.3, 0.4) is 0 Å². The Balaban J connectivity index is 1.89. The van der Waals surface area contributed by atoms with Crippen LogP contribution in [0.1, 0.15) is 5.56 Å². The average molecular weight is 349 g/mol. The molecular formula is C15H17BrN4O. The number of halogens is 1. The minimum atomic E-state index is -0.0722. The van der Waals surface area contributed by atoms with E-state index in [1.807, 2.05) is 24.1 Å². The van der Waals surface area contributed by atoms with Crippen molar-refractivity contribution in [1.29, 1.82) is 0 Å². The van der Waals surface area contributed by atoms with Gasteiger partial charge in [-0.15, -0.1) is 0 Å². The highest BCUT2D eigenvalue weighted by Gasteiger charge is 2.09. The van der Waals surface area contributed by atoms with Gasteiger partial charge in [0.05, 0.1) is 12.2 Å². The molecule has 0 spiro atoms. The molecule has 110 valence electrons. The lowest BCUT2D eigenvalue weighted by molar-refractivity contribution is -0.117. The molecule has 1 aromatic carbocycles. The molecule has 0 fully saturated rings. The molecule has 5 nitrogen and oxygen atoms in total. The van der Waals surface area contributed by atoms with Crippen molar-refractivity contribution in [1.82, 2.24) is 9.88 Å². The zero-order chi connectivity index (χ0) is 15.2. The van der Waals surface area contributed by atoms with Crippen LogP contribution in [0.25, 0.3) is 0 Å². The van der Waals surface area contributed by atoms with E-state index in [4.69, 9.17) is 5.73 Å². The Kier molecular flexibility index (Phi) is 5.30. The number of likely N-dealkylation sites (N-methyl/N-ethyl adjacent to an activating group) is 1. The molecule has 21 heavy (non-hydrogen) atoms. The summed E-state index contributed by atoms with van der Waals surface area (Å²) in [4.78, 5) is 17.9. The van der Waals surface area contributed by atoms with Gasteiger partial charge in [0, 0.05) is 29.1 Å². The molecule has 0 saturated carbocycles.